The highest BCUT2D eigenvalue weighted by Crippen LogP contribution is 2.31. The van der Waals surface area contributed by atoms with E-state index >= 15 is 0 Å². The highest BCUT2D eigenvalue weighted by atomic mass is 16.3. The highest BCUT2D eigenvalue weighted by molar-refractivity contribution is 5.77. The first kappa shape index (κ1) is 12.9. The molecule has 1 aromatic rings. The zero-order valence-electron chi connectivity index (χ0n) is 10.4. The molecule has 1 aliphatic carbocycles. The van der Waals surface area contributed by atoms with E-state index in [1.807, 2.05) is 12.1 Å². The van der Waals surface area contributed by atoms with E-state index in [1.165, 1.54) is 0 Å². The number of aliphatic hydroxyl groups is 1. The summed E-state index contributed by atoms with van der Waals surface area (Å²) in [6.07, 6.45) is 3.61. The van der Waals surface area contributed by atoms with Gasteiger partial charge in [-0.2, -0.15) is 0 Å². The van der Waals surface area contributed by atoms with Crippen LogP contribution in [-0.2, 0) is 11.2 Å². The van der Waals surface area contributed by atoms with Gasteiger partial charge in [0.2, 0.25) is 5.91 Å². The van der Waals surface area contributed by atoms with E-state index in [0.29, 0.717) is 12.8 Å². The number of amides is 1. The van der Waals surface area contributed by atoms with Crippen molar-refractivity contribution in [2.75, 3.05) is 6.61 Å². The summed E-state index contributed by atoms with van der Waals surface area (Å²) in [5.41, 5.74) is 0.398. The van der Waals surface area contributed by atoms with Gasteiger partial charge in [0, 0.05) is 6.42 Å². The van der Waals surface area contributed by atoms with Gasteiger partial charge in [0.15, 0.2) is 0 Å². The van der Waals surface area contributed by atoms with Gasteiger partial charge in [-0.25, -0.2) is 0 Å². The molecule has 1 aliphatic rings. The fourth-order valence-electron chi connectivity index (χ4n) is 2.25. The zero-order valence-corrected chi connectivity index (χ0v) is 10.4. The maximum absolute atomic E-state index is 11.8. The fraction of sp³-hybridized carbons (Fsp3) is 0.500. The molecule has 1 aromatic carbocycles. The van der Waals surface area contributed by atoms with Gasteiger partial charge in [-0.1, -0.05) is 18.2 Å². The van der Waals surface area contributed by atoms with Gasteiger partial charge >= 0.3 is 0 Å². The normalized spacial score (nSPS) is 16.9. The summed E-state index contributed by atoms with van der Waals surface area (Å²) in [6, 6.07) is 7.03. The molecular weight excluding hydrogens is 230 g/mol. The average molecular weight is 249 g/mol. The average Bonchev–Trinajstić information content (AvgIpc) is 2.33. The Morgan fingerprint density at radius 2 is 2.06 bits per heavy atom. The second-order valence-corrected chi connectivity index (χ2v) is 4.97. The predicted octanol–water partition coefficient (Wildman–Crippen LogP) is 1.36. The molecule has 0 aromatic heterocycles. The Morgan fingerprint density at radius 1 is 1.33 bits per heavy atom. The van der Waals surface area contributed by atoms with Crippen LogP contribution in [0.1, 0.15) is 31.2 Å². The number of carbonyl (C=O) groups is 1. The maximum Gasteiger partial charge on any atom is 0.220 e. The third-order valence-corrected chi connectivity index (χ3v) is 3.63. The van der Waals surface area contributed by atoms with Crippen LogP contribution < -0.4 is 5.32 Å². The third-order valence-electron chi connectivity index (χ3n) is 3.63. The maximum atomic E-state index is 11.8. The van der Waals surface area contributed by atoms with Crippen molar-refractivity contribution < 1.29 is 15.0 Å². The van der Waals surface area contributed by atoms with Gasteiger partial charge in [-0.15, -0.1) is 0 Å². The van der Waals surface area contributed by atoms with Gasteiger partial charge in [-0.05, 0) is 37.3 Å². The first-order chi connectivity index (χ1) is 8.65. The van der Waals surface area contributed by atoms with E-state index in [9.17, 15) is 15.0 Å². The number of para-hydroxylation sites is 1. The lowest BCUT2D eigenvalue weighted by molar-refractivity contribution is -0.125. The number of phenolic OH excluding ortho intramolecular Hbond substituents is 1. The Hall–Kier alpha value is -1.55. The first-order valence-corrected chi connectivity index (χ1v) is 6.34. The molecular formula is C14H19NO3. The Kier molecular flexibility index (Phi) is 3.87. The number of rotatable bonds is 5. The minimum atomic E-state index is -0.379. The molecule has 0 saturated heterocycles. The minimum absolute atomic E-state index is 0.00925. The van der Waals surface area contributed by atoms with Gasteiger partial charge < -0.3 is 15.5 Å². The first-order valence-electron chi connectivity index (χ1n) is 6.34. The summed E-state index contributed by atoms with van der Waals surface area (Å²) in [7, 11) is 0. The van der Waals surface area contributed by atoms with Crippen molar-refractivity contribution in [3.8, 4) is 5.75 Å². The predicted molar refractivity (Wildman–Crippen MR) is 68.2 cm³/mol. The zero-order chi connectivity index (χ0) is 13.0. The third kappa shape index (κ3) is 2.82. The van der Waals surface area contributed by atoms with Crippen LogP contribution in [0.3, 0.4) is 0 Å². The number of aryl methyl sites for hydroxylation is 1. The van der Waals surface area contributed by atoms with E-state index in [1.54, 1.807) is 12.1 Å². The number of phenols is 1. The molecule has 0 radical (unpaired) electrons. The Bertz CT molecular complexity index is 421. The molecule has 1 saturated carbocycles. The topological polar surface area (TPSA) is 69.6 Å². The number of nitrogens with one attached hydrogen (secondary N) is 1. The van der Waals surface area contributed by atoms with Crippen LogP contribution in [0.15, 0.2) is 24.3 Å². The molecule has 0 bridgehead atoms. The lowest BCUT2D eigenvalue weighted by Gasteiger charge is -2.41. The quantitative estimate of drug-likeness (QED) is 0.738. The van der Waals surface area contributed by atoms with Crippen LogP contribution in [-0.4, -0.2) is 28.3 Å². The van der Waals surface area contributed by atoms with Gasteiger partial charge in [-0.3, -0.25) is 4.79 Å². The highest BCUT2D eigenvalue weighted by Gasteiger charge is 2.37. The van der Waals surface area contributed by atoms with Crippen LogP contribution in [0.25, 0.3) is 0 Å². The number of aromatic hydroxyl groups is 1. The number of benzene rings is 1. The van der Waals surface area contributed by atoms with Gasteiger partial charge in [0.1, 0.15) is 5.75 Å². The van der Waals surface area contributed by atoms with Crippen LogP contribution in [0.5, 0.6) is 5.75 Å². The molecule has 4 heteroatoms. The summed E-state index contributed by atoms with van der Waals surface area (Å²) in [4.78, 5) is 11.8. The molecule has 0 spiro atoms. The molecule has 2 rings (SSSR count). The molecule has 0 aliphatic heterocycles. The number of aliphatic hydroxyl groups excluding tert-OH is 1. The minimum Gasteiger partial charge on any atom is -0.508 e. The lowest BCUT2D eigenvalue weighted by Crippen LogP contribution is -2.56. The summed E-state index contributed by atoms with van der Waals surface area (Å²) >= 11 is 0. The molecule has 0 atom stereocenters. The molecule has 1 amide bonds. The molecule has 98 valence electrons. The van der Waals surface area contributed by atoms with E-state index in [0.717, 1.165) is 24.8 Å². The SMILES string of the molecule is O=C(CCc1ccccc1O)NC1(CO)CCC1. The van der Waals surface area contributed by atoms with Crippen LogP contribution in [0.4, 0.5) is 0 Å². The van der Waals surface area contributed by atoms with Gasteiger partial charge in [0.05, 0.1) is 12.1 Å². The van der Waals surface area contributed by atoms with Crippen LogP contribution in [0.2, 0.25) is 0 Å². The van der Waals surface area contributed by atoms with Crippen molar-refractivity contribution in [1.82, 2.24) is 5.32 Å². The standard InChI is InChI=1S/C14H19NO3/c16-10-14(8-3-9-14)15-13(18)7-6-11-4-1-2-5-12(11)17/h1-2,4-5,16-17H,3,6-10H2,(H,15,18). The molecule has 3 N–H and O–H groups in total. The smallest absolute Gasteiger partial charge is 0.220 e. The summed E-state index contributed by atoms with van der Waals surface area (Å²) < 4.78 is 0. The van der Waals surface area contributed by atoms with Crippen molar-refractivity contribution >= 4 is 5.91 Å². The van der Waals surface area contributed by atoms with Gasteiger partial charge in [0.25, 0.3) is 0 Å². The number of hydrogen-bond acceptors (Lipinski definition) is 3. The summed E-state index contributed by atoms with van der Waals surface area (Å²) in [6.45, 7) is 0.00925. The monoisotopic (exact) mass is 249 g/mol. The van der Waals surface area contributed by atoms with E-state index in [4.69, 9.17) is 0 Å². The van der Waals surface area contributed by atoms with Crippen LogP contribution >= 0.6 is 0 Å². The molecule has 0 unspecified atom stereocenters. The van der Waals surface area contributed by atoms with Crippen molar-refractivity contribution in [3.05, 3.63) is 29.8 Å². The van der Waals surface area contributed by atoms with E-state index in [2.05, 4.69) is 5.32 Å². The van der Waals surface area contributed by atoms with E-state index < -0.39 is 0 Å². The molecule has 1 fully saturated rings. The van der Waals surface area contributed by atoms with E-state index in [-0.39, 0.29) is 23.8 Å². The van der Waals surface area contributed by atoms with Crippen molar-refractivity contribution in [2.24, 2.45) is 0 Å². The number of carbonyl (C=O) groups excluding carboxylic acids is 1. The summed E-state index contributed by atoms with van der Waals surface area (Å²) in [5.74, 6) is 0.165. The summed E-state index contributed by atoms with van der Waals surface area (Å²) in [5, 5.41) is 21.7. The Labute approximate surface area is 107 Å². The molecule has 18 heavy (non-hydrogen) atoms. The second-order valence-electron chi connectivity index (χ2n) is 4.97. The van der Waals surface area contributed by atoms with Crippen molar-refractivity contribution in [1.29, 1.82) is 0 Å². The molecule has 4 nitrogen and oxygen atoms in total. The fourth-order valence-corrected chi connectivity index (χ4v) is 2.25. The lowest BCUT2D eigenvalue weighted by atomic mass is 9.77. The Morgan fingerprint density at radius 3 is 2.61 bits per heavy atom. The van der Waals surface area contributed by atoms with Crippen molar-refractivity contribution in [2.45, 2.75) is 37.6 Å². The Balaban J connectivity index is 1.83. The largest absolute Gasteiger partial charge is 0.508 e. The van der Waals surface area contributed by atoms with Crippen molar-refractivity contribution in [3.63, 3.8) is 0 Å². The second kappa shape index (κ2) is 5.40. The number of hydrogen-bond donors (Lipinski definition) is 3. The van der Waals surface area contributed by atoms with Crippen LogP contribution in [0, 0.1) is 0 Å². The molecule has 0 heterocycles.